The van der Waals surface area contributed by atoms with Gasteiger partial charge in [-0.2, -0.15) is 0 Å². The normalized spacial score (nSPS) is 11.1. The van der Waals surface area contributed by atoms with Crippen molar-refractivity contribution in [1.29, 1.82) is 0 Å². The molecule has 0 radical (unpaired) electrons. The molecule has 0 heterocycles. The molecule has 0 saturated heterocycles. The molecule has 27 heavy (non-hydrogen) atoms. The lowest BCUT2D eigenvalue weighted by molar-refractivity contribution is 0.0449. The molecule has 7 heteroatoms. The molecule has 0 atom stereocenters. The van der Waals surface area contributed by atoms with Gasteiger partial charge >= 0.3 is 5.97 Å². The van der Waals surface area contributed by atoms with E-state index in [0.29, 0.717) is 17.9 Å². The minimum absolute atomic E-state index is 0.0511. The highest BCUT2D eigenvalue weighted by atomic mass is 32.2. The average Bonchev–Trinajstić information content (AvgIpc) is 2.63. The molecular formula is C20H24O6S. The number of hydrogen-bond donors (Lipinski definition) is 0. The number of esters is 1. The van der Waals surface area contributed by atoms with Gasteiger partial charge in [-0.15, -0.1) is 0 Å². The minimum Gasteiger partial charge on any atom is -0.494 e. The molecule has 0 unspecified atom stereocenters. The predicted molar refractivity (Wildman–Crippen MR) is 102 cm³/mol. The summed E-state index contributed by atoms with van der Waals surface area (Å²) in [5.74, 6) is 0.840. The molecule has 6 nitrogen and oxygen atoms in total. The number of sulfone groups is 1. The van der Waals surface area contributed by atoms with E-state index in [1.165, 1.54) is 12.1 Å². The van der Waals surface area contributed by atoms with Crippen LogP contribution in [0, 0.1) is 6.92 Å². The van der Waals surface area contributed by atoms with Gasteiger partial charge in [0, 0.05) is 6.26 Å². The van der Waals surface area contributed by atoms with Crippen LogP contribution < -0.4 is 9.47 Å². The molecule has 0 amide bonds. The summed E-state index contributed by atoms with van der Waals surface area (Å²) in [4.78, 5) is 12.3. The molecule has 0 aliphatic heterocycles. The molecule has 146 valence electrons. The molecule has 0 aliphatic rings. The van der Waals surface area contributed by atoms with Gasteiger partial charge in [-0.1, -0.05) is 13.0 Å². The Bertz CT molecular complexity index is 872. The van der Waals surface area contributed by atoms with Gasteiger partial charge in [0.1, 0.15) is 24.7 Å². The van der Waals surface area contributed by atoms with E-state index in [9.17, 15) is 13.2 Å². The number of carbonyl (C=O) groups excluding carboxylic acids is 1. The van der Waals surface area contributed by atoms with Gasteiger partial charge in [0.25, 0.3) is 0 Å². The lowest BCUT2D eigenvalue weighted by atomic mass is 10.1. The lowest BCUT2D eigenvalue weighted by Crippen LogP contribution is -2.14. The largest absolute Gasteiger partial charge is 0.494 e. The summed E-state index contributed by atoms with van der Waals surface area (Å²) in [7, 11) is -3.39. The number of hydrogen-bond acceptors (Lipinski definition) is 6. The summed E-state index contributed by atoms with van der Waals surface area (Å²) < 4.78 is 39.5. The van der Waals surface area contributed by atoms with E-state index in [2.05, 4.69) is 0 Å². The minimum atomic E-state index is -3.39. The molecule has 0 aliphatic carbocycles. The van der Waals surface area contributed by atoms with Crippen molar-refractivity contribution in [1.82, 2.24) is 0 Å². The zero-order chi connectivity index (χ0) is 19.9. The van der Waals surface area contributed by atoms with Gasteiger partial charge in [0.2, 0.25) is 0 Å². The molecule has 2 aromatic rings. The SMILES string of the molecule is CCCOc1ccc(OCCOC(=O)c2cc(S(C)(=O)=O)ccc2C)cc1. The number of aryl methyl sites for hydroxylation is 1. The fourth-order valence-electron chi connectivity index (χ4n) is 2.28. The van der Waals surface area contributed by atoms with Crippen LogP contribution in [-0.2, 0) is 14.6 Å². The van der Waals surface area contributed by atoms with E-state index < -0.39 is 15.8 Å². The van der Waals surface area contributed by atoms with Crippen molar-refractivity contribution < 1.29 is 27.4 Å². The monoisotopic (exact) mass is 392 g/mol. The Balaban J connectivity index is 1.86. The average molecular weight is 392 g/mol. The Labute approximate surface area is 160 Å². The van der Waals surface area contributed by atoms with Crippen LogP contribution in [0.25, 0.3) is 0 Å². The molecule has 0 fully saturated rings. The molecule has 0 aromatic heterocycles. The highest BCUT2D eigenvalue weighted by Gasteiger charge is 2.15. The highest BCUT2D eigenvalue weighted by Crippen LogP contribution is 2.18. The van der Waals surface area contributed by atoms with E-state index in [1.807, 2.05) is 19.1 Å². The van der Waals surface area contributed by atoms with Crippen LogP contribution >= 0.6 is 0 Å². The van der Waals surface area contributed by atoms with Gasteiger partial charge in [0.05, 0.1) is 17.1 Å². The summed E-state index contributed by atoms with van der Waals surface area (Å²) in [6.07, 6.45) is 2.04. The first kappa shape index (κ1) is 20.8. The fraction of sp³-hybridized carbons (Fsp3) is 0.350. The lowest BCUT2D eigenvalue weighted by Gasteiger charge is -2.10. The third-order valence-electron chi connectivity index (χ3n) is 3.74. The van der Waals surface area contributed by atoms with Crippen molar-refractivity contribution in [2.24, 2.45) is 0 Å². The van der Waals surface area contributed by atoms with Crippen molar-refractivity contribution in [2.45, 2.75) is 25.2 Å². The summed E-state index contributed by atoms with van der Waals surface area (Å²) >= 11 is 0. The van der Waals surface area contributed by atoms with Crippen molar-refractivity contribution in [3.8, 4) is 11.5 Å². The van der Waals surface area contributed by atoms with Crippen LogP contribution in [0.1, 0.15) is 29.3 Å². The molecule has 2 aromatic carbocycles. The predicted octanol–water partition coefficient (Wildman–Crippen LogP) is 3.42. The zero-order valence-corrected chi connectivity index (χ0v) is 16.5. The molecule has 0 saturated carbocycles. The van der Waals surface area contributed by atoms with E-state index in [4.69, 9.17) is 14.2 Å². The maximum Gasteiger partial charge on any atom is 0.338 e. The quantitative estimate of drug-likeness (QED) is 0.481. The van der Waals surface area contributed by atoms with Crippen LogP contribution in [0.4, 0.5) is 0 Å². The van der Waals surface area contributed by atoms with Gasteiger partial charge in [-0.25, -0.2) is 13.2 Å². The van der Waals surface area contributed by atoms with Crippen LogP contribution in [0.15, 0.2) is 47.4 Å². The van der Waals surface area contributed by atoms with E-state index >= 15 is 0 Å². The van der Waals surface area contributed by atoms with E-state index in [1.54, 1.807) is 25.1 Å². The molecule has 0 N–H and O–H groups in total. The van der Waals surface area contributed by atoms with Crippen molar-refractivity contribution in [3.05, 3.63) is 53.6 Å². The summed E-state index contributed by atoms with van der Waals surface area (Å²) in [6, 6.07) is 11.6. The highest BCUT2D eigenvalue weighted by molar-refractivity contribution is 7.90. The van der Waals surface area contributed by atoms with Crippen LogP contribution in [0.2, 0.25) is 0 Å². The first-order valence-corrected chi connectivity index (χ1v) is 10.5. The fourth-order valence-corrected chi connectivity index (χ4v) is 2.92. The van der Waals surface area contributed by atoms with Crippen LogP contribution in [-0.4, -0.2) is 40.5 Å². The third-order valence-corrected chi connectivity index (χ3v) is 4.85. The topological polar surface area (TPSA) is 78.9 Å². The maximum absolute atomic E-state index is 12.2. The summed E-state index contributed by atoms with van der Waals surface area (Å²) in [5, 5.41) is 0. The van der Waals surface area contributed by atoms with Crippen molar-refractivity contribution in [2.75, 3.05) is 26.1 Å². The number of ether oxygens (including phenoxy) is 3. The van der Waals surface area contributed by atoms with Gasteiger partial charge < -0.3 is 14.2 Å². The summed E-state index contributed by atoms with van der Waals surface area (Å²) in [5.41, 5.74) is 0.881. The third kappa shape index (κ3) is 6.29. The number of carbonyl (C=O) groups is 1. The Morgan fingerprint density at radius 3 is 2.07 bits per heavy atom. The smallest absolute Gasteiger partial charge is 0.338 e. The van der Waals surface area contributed by atoms with E-state index in [-0.39, 0.29) is 23.7 Å². The standard InChI is InChI=1S/C20H24O6S/c1-4-11-24-16-6-8-17(9-7-16)25-12-13-26-20(21)19-14-18(27(3,22)23)10-5-15(19)2/h5-10,14H,4,11-13H2,1-3H3. The molecule has 0 spiro atoms. The Hall–Kier alpha value is -2.54. The maximum atomic E-state index is 12.2. The second-order valence-electron chi connectivity index (χ2n) is 6.05. The number of rotatable bonds is 9. The molecule has 0 bridgehead atoms. The van der Waals surface area contributed by atoms with Gasteiger partial charge in [0.15, 0.2) is 9.84 Å². The number of benzene rings is 2. The van der Waals surface area contributed by atoms with Crippen LogP contribution in [0.5, 0.6) is 11.5 Å². The molecule has 2 rings (SSSR count). The van der Waals surface area contributed by atoms with E-state index in [0.717, 1.165) is 18.4 Å². The van der Waals surface area contributed by atoms with Gasteiger partial charge in [-0.05, 0) is 55.3 Å². The molecular weight excluding hydrogens is 368 g/mol. The van der Waals surface area contributed by atoms with Crippen molar-refractivity contribution >= 4 is 15.8 Å². The second-order valence-corrected chi connectivity index (χ2v) is 8.07. The zero-order valence-electron chi connectivity index (χ0n) is 15.7. The van der Waals surface area contributed by atoms with Crippen LogP contribution in [0.3, 0.4) is 0 Å². The van der Waals surface area contributed by atoms with Crippen molar-refractivity contribution in [3.63, 3.8) is 0 Å². The second kappa shape index (κ2) is 9.41. The summed E-state index contributed by atoms with van der Waals surface area (Å²) in [6.45, 7) is 4.66. The Morgan fingerprint density at radius 2 is 1.52 bits per heavy atom. The Morgan fingerprint density at radius 1 is 0.926 bits per heavy atom. The van der Waals surface area contributed by atoms with Gasteiger partial charge in [-0.3, -0.25) is 0 Å². The first-order chi connectivity index (χ1) is 12.8. The Kier molecular flexibility index (Phi) is 7.24. The first-order valence-electron chi connectivity index (χ1n) is 8.64.